The van der Waals surface area contributed by atoms with Crippen LogP contribution in [0.5, 0.6) is 5.75 Å². The number of para-hydroxylation sites is 2. The molecule has 0 spiro atoms. The second-order valence-electron chi connectivity index (χ2n) is 5.76. The average Bonchev–Trinajstić information content (AvgIpc) is 2.91. The van der Waals surface area contributed by atoms with Crippen LogP contribution >= 0.6 is 0 Å². The molecule has 1 aromatic rings. The highest BCUT2D eigenvalue weighted by Crippen LogP contribution is 2.34. The molecule has 1 saturated heterocycles. The van der Waals surface area contributed by atoms with E-state index in [1.54, 1.807) is 7.11 Å². The van der Waals surface area contributed by atoms with Crippen LogP contribution in [0.3, 0.4) is 0 Å². The van der Waals surface area contributed by atoms with Gasteiger partial charge in [0.05, 0.1) is 12.8 Å². The maximum absolute atomic E-state index is 12.6. The van der Waals surface area contributed by atoms with Crippen LogP contribution in [0.2, 0.25) is 0 Å². The van der Waals surface area contributed by atoms with Gasteiger partial charge in [0, 0.05) is 25.7 Å². The van der Waals surface area contributed by atoms with E-state index < -0.39 is 0 Å². The van der Waals surface area contributed by atoms with E-state index in [4.69, 9.17) is 9.47 Å². The summed E-state index contributed by atoms with van der Waals surface area (Å²) in [6.45, 7) is 4.54. The van der Waals surface area contributed by atoms with Crippen molar-refractivity contribution in [3.63, 3.8) is 0 Å². The molecule has 2 rings (SSSR count). The fraction of sp³-hybridized carbons (Fsp3) is 0.611. The zero-order chi connectivity index (χ0) is 15.8. The van der Waals surface area contributed by atoms with Gasteiger partial charge in [-0.2, -0.15) is 0 Å². The van der Waals surface area contributed by atoms with Crippen LogP contribution in [0.15, 0.2) is 24.3 Å². The number of amides is 1. The number of carbonyl (C=O) groups is 1. The van der Waals surface area contributed by atoms with Crippen LogP contribution in [0.1, 0.15) is 39.0 Å². The number of rotatable bonds is 9. The van der Waals surface area contributed by atoms with Gasteiger partial charge in [-0.15, -0.1) is 0 Å². The van der Waals surface area contributed by atoms with Crippen molar-refractivity contribution in [2.45, 2.75) is 39.0 Å². The van der Waals surface area contributed by atoms with Crippen LogP contribution in [0.25, 0.3) is 0 Å². The number of hydrogen-bond donors (Lipinski definition) is 0. The summed E-state index contributed by atoms with van der Waals surface area (Å²) in [4.78, 5) is 14.4. The van der Waals surface area contributed by atoms with Gasteiger partial charge in [0.25, 0.3) is 0 Å². The monoisotopic (exact) mass is 305 g/mol. The summed E-state index contributed by atoms with van der Waals surface area (Å²) in [6, 6.07) is 7.72. The summed E-state index contributed by atoms with van der Waals surface area (Å²) >= 11 is 0. The van der Waals surface area contributed by atoms with E-state index in [2.05, 4.69) is 6.92 Å². The number of methoxy groups -OCH3 is 1. The molecule has 1 unspecified atom stereocenters. The normalized spacial score (nSPS) is 18.0. The first-order valence-corrected chi connectivity index (χ1v) is 8.30. The first kappa shape index (κ1) is 16.8. The van der Waals surface area contributed by atoms with Gasteiger partial charge in [0.15, 0.2) is 0 Å². The minimum absolute atomic E-state index is 0.125. The van der Waals surface area contributed by atoms with Crippen molar-refractivity contribution in [1.82, 2.24) is 0 Å². The summed E-state index contributed by atoms with van der Waals surface area (Å²) in [5.74, 6) is 1.11. The lowest BCUT2D eigenvalue weighted by Gasteiger charge is -2.19. The quantitative estimate of drug-likeness (QED) is 0.654. The van der Waals surface area contributed by atoms with Crippen molar-refractivity contribution in [1.29, 1.82) is 0 Å². The lowest BCUT2D eigenvalue weighted by atomic mass is 10.0. The number of benzene rings is 1. The summed E-state index contributed by atoms with van der Waals surface area (Å²) in [5.41, 5.74) is 0.886. The Balaban J connectivity index is 1.82. The molecule has 22 heavy (non-hydrogen) atoms. The van der Waals surface area contributed by atoms with Crippen LogP contribution < -0.4 is 9.64 Å². The van der Waals surface area contributed by atoms with E-state index >= 15 is 0 Å². The number of carbonyl (C=O) groups excluding carboxylic acids is 1. The van der Waals surface area contributed by atoms with E-state index in [-0.39, 0.29) is 11.8 Å². The summed E-state index contributed by atoms with van der Waals surface area (Å²) in [6.07, 6.45) is 5.07. The van der Waals surface area contributed by atoms with Crippen LogP contribution in [-0.4, -0.2) is 32.8 Å². The second-order valence-corrected chi connectivity index (χ2v) is 5.76. The Morgan fingerprint density at radius 1 is 1.23 bits per heavy atom. The van der Waals surface area contributed by atoms with Crippen LogP contribution in [0.4, 0.5) is 5.69 Å². The number of nitrogens with zero attached hydrogens (tertiary/aromatic N) is 1. The minimum Gasteiger partial charge on any atom is -0.495 e. The van der Waals surface area contributed by atoms with Crippen molar-refractivity contribution in [3.05, 3.63) is 24.3 Å². The Bertz CT molecular complexity index is 475. The largest absolute Gasteiger partial charge is 0.495 e. The molecule has 1 atom stereocenters. The van der Waals surface area contributed by atoms with Crippen molar-refractivity contribution >= 4 is 11.6 Å². The lowest BCUT2D eigenvalue weighted by molar-refractivity contribution is -0.120. The first-order chi connectivity index (χ1) is 10.8. The number of anilines is 1. The number of hydrogen-bond acceptors (Lipinski definition) is 3. The molecule has 4 heteroatoms. The molecule has 0 bridgehead atoms. The van der Waals surface area contributed by atoms with E-state index in [9.17, 15) is 4.79 Å². The Morgan fingerprint density at radius 2 is 2.00 bits per heavy atom. The second kappa shape index (κ2) is 8.79. The predicted molar refractivity (Wildman–Crippen MR) is 88.4 cm³/mol. The van der Waals surface area contributed by atoms with Crippen molar-refractivity contribution in [2.75, 3.05) is 31.8 Å². The summed E-state index contributed by atoms with van der Waals surface area (Å²) in [5, 5.41) is 0. The smallest absolute Gasteiger partial charge is 0.230 e. The molecule has 1 aliphatic rings. The third-order valence-corrected chi connectivity index (χ3v) is 4.18. The van der Waals surface area contributed by atoms with E-state index in [0.717, 1.165) is 63.3 Å². The lowest BCUT2D eigenvalue weighted by Crippen LogP contribution is -2.27. The van der Waals surface area contributed by atoms with Gasteiger partial charge in [-0.1, -0.05) is 25.5 Å². The van der Waals surface area contributed by atoms with Gasteiger partial charge in [0.1, 0.15) is 5.75 Å². The van der Waals surface area contributed by atoms with Crippen molar-refractivity contribution < 1.29 is 14.3 Å². The van der Waals surface area contributed by atoms with E-state index in [1.165, 1.54) is 0 Å². The third kappa shape index (κ3) is 4.23. The molecule has 0 aromatic heterocycles. The Morgan fingerprint density at radius 3 is 2.77 bits per heavy atom. The van der Waals surface area contributed by atoms with Crippen molar-refractivity contribution in [3.8, 4) is 5.75 Å². The molecule has 4 nitrogen and oxygen atoms in total. The highest BCUT2D eigenvalue weighted by atomic mass is 16.5. The van der Waals surface area contributed by atoms with Gasteiger partial charge in [0.2, 0.25) is 5.91 Å². The summed E-state index contributed by atoms with van der Waals surface area (Å²) < 4.78 is 10.9. The highest BCUT2D eigenvalue weighted by Gasteiger charge is 2.33. The molecule has 1 heterocycles. The van der Waals surface area contributed by atoms with Gasteiger partial charge in [-0.05, 0) is 37.8 Å². The fourth-order valence-corrected chi connectivity index (χ4v) is 2.88. The molecule has 0 N–H and O–H groups in total. The van der Waals surface area contributed by atoms with Gasteiger partial charge in [-0.25, -0.2) is 0 Å². The molecule has 1 aliphatic heterocycles. The third-order valence-electron chi connectivity index (χ3n) is 4.18. The molecule has 1 amide bonds. The average molecular weight is 305 g/mol. The topological polar surface area (TPSA) is 38.8 Å². The maximum Gasteiger partial charge on any atom is 0.230 e. The van der Waals surface area contributed by atoms with Gasteiger partial charge < -0.3 is 14.4 Å². The number of ether oxygens (including phenoxy) is 2. The standard InChI is InChI=1S/C18H27NO3/c1-3-4-13-22-14-7-8-15-11-12-19(18(15)20)16-9-5-6-10-17(16)21-2/h5-6,9-10,15H,3-4,7-8,11-14H2,1-2H3. The maximum atomic E-state index is 12.6. The van der Waals surface area contributed by atoms with Crippen LogP contribution in [-0.2, 0) is 9.53 Å². The van der Waals surface area contributed by atoms with Crippen molar-refractivity contribution in [2.24, 2.45) is 5.92 Å². The first-order valence-electron chi connectivity index (χ1n) is 8.30. The SMILES string of the molecule is CCCCOCCCC1CCN(c2ccccc2OC)C1=O. The van der Waals surface area contributed by atoms with E-state index in [0.29, 0.717) is 0 Å². The zero-order valence-corrected chi connectivity index (χ0v) is 13.7. The molecule has 0 aliphatic carbocycles. The fourth-order valence-electron chi connectivity index (χ4n) is 2.88. The molecular weight excluding hydrogens is 278 g/mol. The van der Waals surface area contributed by atoms with Crippen LogP contribution in [0, 0.1) is 5.92 Å². The van der Waals surface area contributed by atoms with Gasteiger partial charge >= 0.3 is 0 Å². The molecule has 0 radical (unpaired) electrons. The molecule has 122 valence electrons. The Kier molecular flexibility index (Phi) is 6.72. The Hall–Kier alpha value is -1.55. The molecule has 0 saturated carbocycles. The Labute approximate surface area is 133 Å². The molecule has 1 aromatic carbocycles. The number of unbranched alkanes of at least 4 members (excludes halogenated alkanes) is 1. The minimum atomic E-state index is 0.125. The van der Waals surface area contributed by atoms with E-state index in [1.807, 2.05) is 29.2 Å². The highest BCUT2D eigenvalue weighted by molar-refractivity contribution is 5.98. The molecular formula is C18H27NO3. The predicted octanol–water partition coefficient (Wildman–Crippen LogP) is 3.65. The molecule has 1 fully saturated rings. The van der Waals surface area contributed by atoms with Gasteiger partial charge in [-0.3, -0.25) is 4.79 Å². The summed E-state index contributed by atoms with van der Waals surface area (Å²) in [7, 11) is 1.64. The zero-order valence-electron chi connectivity index (χ0n) is 13.7.